The molecule has 5 heteroatoms. The summed E-state index contributed by atoms with van der Waals surface area (Å²) in [5.74, 6) is -1.46. The van der Waals surface area contributed by atoms with Crippen LogP contribution in [0.1, 0.15) is 30.6 Å². The SMILES string of the molecule is CC(C)N1CCC(CNc2cccc(F)c2C(=O)O)C1. The normalized spacial score (nSPS) is 19.5. The Hall–Kier alpha value is -1.62. The number of carbonyl (C=O) groups is 1. The van der Waals surface area contributed by atoms with E-state index < -0.39 is 11.8 Å². The predicted molar refractivity (Wildman–Crippen MR) is 76.7 cm³/mol. The largest absolute Gasteiger partial charge is 0.478 e. The van der Waals surface area contributed by atoms with Crippen LogP contribution in [0.3, 0.4) is 0 Å². The van der Waals surface area contributed by atoms with Gasteiger partial charge in [0.1, 0.15) is 11.4 Å². The first-order valence-electron chi connectivity index (χ1n) is 6.98. The summed E-state index contributed by atoms with van der Waals surface area (Å²) in [7, 11) is 0. The van der Waals surface area contributed by atoms with Crippen molar-refractivity contribution in [1.29, 1.82) is 0 Å². The van der Waals surface area contributed by atoms with Crippen molar-refractivity contribution in [3.05, 3.63) is 29.6 Å². The number of nitrogens with zero attached hydrogens (tertiary/aromatic N) is 1. The van der Waals surface area contributed by atoms with Crippen molar-refractivity contribution in [2.75, 3.05) is 25.0 Å². The first kappa shape index (κ1) is 14.8. The monoisotopic (exact) mass is 280 g/mol. The summed E-state index contributed by atoms with van der Waals surface area (Å²) in [5, 5.41) is 12.2. The standard InChI is InChI=1S/C15H21FN2O2/c1-10(2)18-7-6-11(9-18)8-17-13-5-3-4-12(16)14(13)15(19)20/h3-5,10-11,17H,6-9H2,1-2H3,(H,19,20). The third-order valence-electron chi connectivity index (χ3n) is 3.86. The number of anilines is 1. The number of aromatic carboxylic acids is 1. The highest BCUT2D eigenvalue weighted by Gasteiger charge is 2.24. The summed E-state index contributed by atoms with van der Waals surface area (Å²) >= 11 is 0. The molecule has 0 aromatic heterocycles. The Bertz CT molecular complexity index is 491. The van der Waals surface area contributed by atoms with Crippen molar-refractivity contribution in [3.8, 4) is 0 Å². The molecule has 4 nitrogen and oxygen atoms in total. The third-order valence-corrected chi connectivity index (χ3v) is 3.86. The van der Waals surface area contributed by atoms with Gasteiger partial charge in [-0.3, -0.25) is 0 Å². The molecule has 0 bridgehead atoms. The summed E-state index contributed by atoms with van der Waals surface area (Å²) in [6, 6.07) is 4.84. The van der Waals surface area contributed by atoms with E-state index in [1.165, 1.54) is 12.1 Å². The molecule has 2 N–H and O–H groups in total. The molecule has 1 unspecified atom stereocenters. The highest BCUT2D eigenvalue weighted by Crippen LogP contribution is 2.22. The molecule has 110 valence electrons. The van der Waals surface area contributed by atoms with Gasteiger partial charge in [0.2, 0.25) is 0 Å². The van der Waals surface area contributed by atoms with Crippen molar-refractivity contribution < 1.29 is 14.3 Å². The fourth-order valence-corrected chi connectivity index (χ4v) is 2.64. The van der Waals surface area contributed by atoms with Crippen molar-refractivity contribution >= 4 is 11.7 Å². The summed E-state index contributed by atoms with van der Waals surface area (Å²) in [6.07, 6.45) is 1.09. The van der Waals surface area contributed by atoms with Crippen LogP contribution < -0.4 is 5.32 Å². The summed E-state index contributed by atoms with van der Waals surface area (Å²) in [6.45, 7) is 7.09. The number of hydrogen-bond donors (Lipinski definition) is 2. The number of nitrogens with one attached hydrogen (secondary N) is 1. The van der Waals surface area contributed by atoms with Crippen molar-refractivity contribution in [2.24, 2.45) is 5.92 Å². The smallest absolute Gasteiger partial charge is 0.340 e. The zero-order valence-corrected chi connectivity index (χ0v) is 11.9. The summed E-state index contributed by atoms with van der Waals surface area (Å²) < 4.78 is 13.5. The molecule has 20 heavy (non-hydrogen) atoms. The average Bonchev–Trinajstić information content (AvgIpc) is 2.84. The molecule has 1 aliphatic heterocycles. The predicted octanol–water partition coefficient (Wildman–Crippen LogP) is 2.67. The van der Waals surface area contributed by atoms with Crippen LogP contribution in [0.4, 0.5) is 10.1 Å². The average molecular weight is 280 g/mol. The quantitative estimate of drug-likeness (QED) is 0.870. The number of halogens is 1. The molecule has 0 spiro atoms. The number of carboxylic acids is 1. The lowest BCUT2D eigenvalue weighted by atomic mass is 10.1. The van der Waals surface area contributed by atoms with E-state index in [2.05, 4.69) is 24.1 Å². The zero-order chi connectivity index (χ0) is 14.7. The fourth-order valence-electron chi connectivity index (χ4n) is 2.64. The van der Waals surface area contributed by atoms with Crippen molar-refractivity contribution in [3.63, 3.8) is 0 Å². The van der Waals surface area contributed by atoms with Crippen LogP contribution in [0.25, 0.3) is 0 Å². The Morgan fingerprint density at radius 1 is 1.55 bits per heavy atom. The Morgan fingerprint density at radius 3 is 2.90 bits per heavy atom. The number of carboxylic acid groups (broad SMARTS) is 1. The molecule has 1 fully saturated rings. The minimum Gasteiger partial charge on any atom is -0.478 e. The van der Waals surface area contributed by atoms with Crippen LogP contribution in [0, 0.1) is 11.7 Å². The molecule has 1 aliphatic rings. The fraction of sp³-hybridized carbons (Fsp3) is 0.533. The van der Waals surface area contributed by atoms with Crippen LogP contribution >= 0.6 is 0 Å². The summed E-state index contributed by atoms with van der Waals surface area (Å²) in [5.41, 5.74) is 0.0895. The Balaban J connectivity index is 1.98. The number of hydrogen-bond acceptors (Lipinski definition) is 3. The maximum atomic E-state index is 13.5. The number of rotatable bonds is 5. The molecule has 2 rings (SSSR count). The maximum absolute atomic E-state index is 13.5. The van der Waals surface area contributed by atoms with Gasteiger partial charge in [0.25, 0.3) is 0 Å². The van der Waals surface area contributed by atoms with Crippen LogP contribution in [-0.4, -0.2) is 41.7 Å². The highest BCUT2D eigenvalue weighted by molar-refractivity contribution is 5.94. The van der Waals surface area contributed by atoms with Gasteiger partial charge in [0.15, 0.2) is 0 Å². The van der Waals surface area contributed by atoms with E-state index in [0.717, 1.165) is 19.5 Å². The van der Waals surface area contributed by atoms with Gasteiger partial charge in [-0.1, -0.05) is 6.07 Å². The second-order valence-electron chi connectivity index (χ2n) is 5.59. The highest BCUT2D eigenvalue weighted by atomic mass is 19.1. The molecule has 0 amide bonds. The third kappa shape index (κ3) is 3.28. The van der Waals surface area contributed by atoms with E-state index in [9.17, 15) is 9.18 Å². The second kappa shape index (κ2) is 6.22. The molecule has 1 aromatic rings. The first-order valence-corrected chi connectivity index (χ1v) is 6.98. The lowest BCUT2D eigenvalue weighted by Crippen LogP contribution is -2.29. The van der Waals surface area contributed by atoms with E-state index in [1.54, 1.807) is 6.07 Å². The van der Waals surface area contributed by atoms with Gasteiger partial charge in [0, 0.05) is 19.1 Å². The van der Waals surface area contributed by atoms with Crippen LogP contribution in [-0.2, 0) is 0 Å². The van der Waals surface area contributed by atoms with E-state index >= 15 is 0 Å². The van der Waals surface area contributed by atoms with Crippen molar-refractivity contribution in [1.82, 2.24) is 4.90 Å². The molecular weight excluding hydrogens is 259 g/mol. The van der Waals surface area contributed by atoms with E-state index in [4.69, 9.17) is 5.11 Å². The van der Waals surface area contributed by atoms with Crippen molar-refractivity contribution in [2.45, 2.75) is 26.3 Å². The molecule has 1 heterocycles. The molecule has 0 radical (unpaired) electrons. The van der Waals surface area contributed by atoms with E-state index in [0.29, 0.717) is 24.2 Å². The van der Waals surface area contributed by atoms with Crippen LogP contribution in [0.5, 0.6) is 0 Å². The molecule has 1 atom stereocenters. The lowest BCUT2D eigenvalue weighted by Gasteiger charge is -2.20. The molecular formula is C15H21FN2O2. The first-order chi connectivity index (χ1) is 9.49. The van der Waals surface area contributed by atoms with Gasteiger partial charge in [0.05, 0.1) is 5.69 Å². The van der Waals surface area contributed by atoms with Gasteiger partial charge in [-0.2, -0.15) is 0 Å². The van der Waals surface area contributed by atoms with Crippen LogP contribution in [0.2, 0.25) is 0 Å². The summed E-state index contributed by atoms with van der Waals surface area (Å²) in [4.78, 5) is 13.5. The number of likely N-dealkylation sites (tertiary alicyclic amines) is 1. The molecule has 1 aromatic carbocycles. The Morgan fingerprint density at radius 2 is 2.30 bits per heavy atom. The Labute approximate surface area is 118 Å². The van der Waals surface area contributed by atoms with Gasteiger partial charge >= 0.3 is 5.97 Å². The Kier molecular flexibility index (Phi) is 4.60. The molecule has 0 aliphatic carbocycles. The van der Waals surface area contributed by atoms with Gasteiger partial charge in [-0.15, -0.1) is 0 Å². The van der Waals surface area contributed by atoms with E-state index in [1.807, 2.05) is 0 Å². The second-order valence-corrected chi connectivity index (χ2v) is 5.59. The van der Waals surface area contributed by atoms with Gasteiger partial charge in [-0.25, -0.2) is 9.18 Å². The molecule has 1 saturated heterocycles. The molecule has 0 saturated carbocycles. The number of benzene rings is 1. The lowest BCUT2D eigenvalue weighted by molar-refractivity contribution is 0.0693. The minimum atomic E-state index is -1.24. The van der Waals surface area contributed by atoms with Gasteiger partial charge < -0.3 is 15.3 Å². The van der Waals surface area contributed by atoms with Crippen LogP contribution in [0.15, 0.2) is 18.2 Å². The van der Waals surface area contributed by atoms with E-state index in [-0.39, 0.29) is 5.56 Å². The topological polar surface area (TPSA) is 52.6 Å². The maximum Gasteiger partial charge on any atom is 0.340 e. The van der Waals surface area contributed by atoms with Gasteiger partial charge in [-0.05, 0) is 44.9 Å². The zero-order valence-electron chi connectivity index (χ0n) is 11.9. The minimum absolute atomic E-state index is 0.272.